The van der Waals surface area contributed by atoms with Gasteiger partial charge >= 0.3 is 0 Å². The smallest absolute Gasteiger partial charge is 0.155 e. The van der Waals surface area contributed by atoms with Gasteiger partial charge in [-0.1, -0.05) is 29.8 Å². The number of nitrogens with one attached hydrogen (secondary N) is 1. The summed E-state index contributed by atoms with van der Waals surface area (Å²) in [6.45, 7) is 8.39. The van der Waals surface area contributed by atoms with E-state index in [9.17, 15) is 8.42 Å². The molecule has 0 aromatic heterocycles. The normalized spacial score (nSPS) is 12.1. The first-order chi connectivity index (χ1) is 9.72. The zero-order valence-electron chi connectivity index (χ0n) is 13.0. The molecule has 21 heavy (non-hydrogen) atoms. The van der Waals surface area contributed by atoms with E-state index in [0.29, 0.717) is 12.6 Å². The lowest BCUT2D eigenvalue weighted by molar-refractivity contribution is 0.335. The average Bonchev–Trinajstić information content (AvgIpc) is 2.38. The summed E-state index contributed by atoms with van der Waals surface area (Å²) >= 11 is 3.44. The van der Waals surface area contributed by atoms with Gasteiger partial charge in [-0.3, -0.25) is 0 Å². The van der Waals surface area contributed by atoms with Gasteiger partial charge in [-0.2, -0.15) is 0 Å². The van der Waals surface area contributed by atoms with Crippen molar-refractivity contribution in [2.75, 3.05) is 12.4 Å². The number of hydrogen-bond donors (Lipinski definition) is 1. The van der Waals surface area contributed by atoms with E-state index in [1.54, 1.807) is 13.8 Å². The van der Waals surface area contributed by atoms with Crippen LogP contribution in [0.3, 0.4) is 0 Å². The summed E-state index contributed by atoms with van der Waals surface area (Å²) in [4.78, 5) is 0. The van der Waals surface area contributed by atoms with Crippen molar-refractivity contribution in [2.45, 2.75) is 45.5 Å². The van der Waals surface area contributed by atoms with Crippen LogP contribution in [-0.4, -0.2) is 32.1 Å². The van der Waals surface area contributed by atoms with E-state index in [-0.39, 0.29) is 17.6 Å². The predicted octanol–water partition coefficient (Wildman–Crippen LogP) is 3.15. The van der Waals surface area contributed by atoms with Crippen LogP contribution in [0.5, 0.6) is 5.75 Å². The number of benzene rings is 1. The summed E-state index contributed by atoms with van der Waals surface area (Å²) in [5, 5.41) is 2.97. The third kappa shape index (κ3) is 6.36. The number of hydrogen-bond acceptors (Lipinski definition) is 4. The minimum Gasteiger partial charge on any atom is -0.492 e. The van der Waals surface area contributed by atoms with Gasteiger partial charge in [-0.15, -0.1) is 0 Å². The first kappa shape index (κ1) is 18.5. The molecule has 0 spiro atoms. The van der Waals surface area contributed by atoms with Crippen molar-refractivity contribution >= 4 is 25.8 Å². The molecule has 1 rings (SSSR count). The molecule has 0 bridgehead atoms. The molecule has 0 aliphatic carbocycles. The summed E-state index contributed by atoms with van der Waals surface area (Å²) in [5.74, 6) is 0.767. The maximum atomic E-state index is 11.8. The maximum Gasteiger partial charge on any atom is 0.155 e. The molecule has 1 N–H and O–H groups in total. The third-order valence-electron chi connectivity index (χ3n) is 3.07. The van der Waals surface area contributed by atoms with Gasteiger partial charge < -0.3 is 10.1 Å². The number of rotatable bonds is 8. The zero-order chi connectivity index (χ0) is 16.0. The number of sulfone groups is 1. The first-order valence-electron chi connectivity index (χ1n) is 7.08. The van der Waals surface area contributed by atoms with Gasteiger partial charge in [-0.05, 0) is 32.0 Å². The second-order valence-electron chi connectivity index (χ2n) is 5.55. The van der Waals surface area contributed by atoms with E-state index in [1.807, 2.05) is 18.2 Å². The van der Waals surface area contributed by atoms with Crippen LogP contribution in [0.1, 0.15) is 33.3 Å². The van der Waals surface area contributed by atoms with Crippen LogP contribution in [0.25, 0.3) is 0 Å². The van der Waals surface area contributed by atoms with E-state index < -0.39 is 9.84 Å². The van der Waals surface area contributed by atoms with E-state index in [0.717, 1.165) is 15.8 Å². The lowest BCUT2D eigenvalue weighted by Gasteiger charge is -2.15. The van der Waals surface area contributed by atoms with Crippen LogP contribution in [0, 0.1) is 0 Å². The van der Waals surface area contributed by atoms with Gasteiger partial charge in [0.1, 0.15) is 12.4 Å². The zero-order valence-corrected chi connectivity index (χ0v) is 15.4. The summed E-state index contributed by atoms with van der Waals surface area (Å²) in [6.07, 6.45) is 0. The van der Waals surface area contributed by atoms with Crippen molar-refractivity contribution in [3.05, 3.63) is 28.2 Å². The Balaban J connectivity index is 2.70. The average molecular weight is 378 g/mol. The Morgan fingerprint density at radius 1 is 1.24 bits per heavy atom. The standard InChI is InChI=1S/C15H24BrNO3S/c1-11(2)17-10-13-9-14(16)5-6-15(13)20-7-8-21(18,19)12(3)4/h5-6,9,11-12,17H,7-8,10H2,1-4H3. The van der Waals surface area contributed by atoms with Crippen molar-refractivity contribution < 1.29 is 13.2 Å². The van der Waals surface area contributed by atoms with Gasteiger partial charge in [0.15, 0.2) is 9.84 Å². The minimum atomic E-state index is -3.06. The minimum absolute atomic E-state index is 0.0395. The van der Waals surface area contributed by atoms with E-state index >= 15 is 0 Å². The second-order valence-corrected chi connectivity index (χ2v) is 9.14. The molecule has 0 atom stereocenters. The summed E-state index contributed by atoms with van der Waals surface area (Å²) in [6, 6.07) is 6.12. The molecule has 0 saturated carbocycles. The molecule has 0 aliphatic rings. The second kappa shape index (κ2) is 8.15. The van der Waals surface area contributed by atoms with Gasteiger partial charge in [0, 0.05) is 22.6 Å². The fourth-order valence-electron chi connectivity index (χ4n) is 1.64. The highest BCUT2D eigenvalue weighted by Gasteiger charge is 2.16. The van der Waals surface area contributed by atoms with Crippen LogP contribution in [0.2, 0.25) is 0 Å². The van der Waals surface area contributed by atoms with Crippen molar-refractivity contribution in [3.8, 4) is 5.75 Å². The Bertz CT molecular complexity index is 556. The van der Waals surface area contributed by atoms with Crippen LogP contribution in [-0.2, 0) is 16.4 Å². The highest BCUT2D eigenvalue weighted by molar-refractivity contribution is 9.10. The fourth-order valence-corrected chi connectivity index (χ4v) is 2.84. The van der Waals surface area contributed by atoms with Crippen molar-refractivity contribution in [1.82, 2.24) is 5.32 Å². The monoisotopic (exact) mass is 377 g/mol. The van der Waals surface area contributed by atoms with Crippen LogP contribution < -0.4 is 10.1 Å². The Morgan fingerprint density at radius 2 is 1.90 bits per heavy atom. The highest BCUT2D eigenvalue weighted by atomic mass is 79.9. The van der Waals surface area contributed by atoms with Gasteiger partial charge in [-0.25, -0.2) is 8.42 Å². The molecule has 0 heterocycles. The van der Waals surface area contributed by atoms with Gasteiger partial charge in [0.25, 0.3) is 0 Å². The number of halogens is 1. The van der Waals surface area contributed by atoms with Crippen molar-refractivity contribution in [3.63, 3.8) is 0 Å². The molecule has 4 nitrogen and oxygen atoms in total. The molecule has 1 aromatic carbocycles. The SMILES string of the molecule is CC(C)NCc1cc(Br)ccc1OCCS(=O)(=O)C(C)C. The number of ether oxygens (including phenoxy) is 1. The molecule has 6 heteroatoms. The Kier molecular flexibility index (Phi) is 7.16. The quantitative estimate of drug-likeness (QED) is 0.755. The van der Waals surface area contributed by atoms with E-state index in [1.165, 1.54) is 0 Å². The third-order valence-corrected chi connectivity index (χ3v) is 5.73. The molecule has 120 valence electrons. The van der Waals surface area contributed by atoms with E-state index in [4.69, 9.17) is 4.74 Å². The molecule has 1 aromatic rings. The molecule has 0 radical (unpaired) electrons. The molecular formula is C15H24BrNO3S. The molecule has 0 amide bonds. The maximum absolute atomic E-state index is 11.8. The largest absolute Gasteiger partial charge is 0.492 e. The highest BCUT2D eigenvalue weighted by Crippen LogP contribution is 2.23. The molecule has 0 unspecified atom stereocenters. The Labute approximate surface area is 136 Å². The molecule has 0 fully saturated rings. The summed E-state index contributed by atoms with van der Waals surface area (Å²) in [7, 11) is -3.06. The fraction of sp³-hybridized carbons (Fsp3) is 0.600. The Morgan fingerprint density at radius 3 is 2.48 bits per heavy atom. The van der Waals surface area contributed by atoms with Crippen LogP contribution >= 0.6 is 15.9 Å². The van der Waals surface area contributed by atoms with Crippen LogP contribution in [0.15, 0.2) is 22.7 Å². The summed E-state index contributed by atoms with van der Waals surface area (Å²) < 4.78 is 30.2. The molecule has 0 saturated heterocycles. The van der Waals surface area contributed by atoms with Crippen molar-refractivity contribution in [1.29, 1.82) is 0 Å². The van der Waals surface area contributed by atoms with Crippen LogP contribution in [0.4, 0.5) is 0 Å². The van der Waals surface area contributed by atoms with Crippen molar-refractivity contribution in [2.24, 2.45) is 0 Å². The topological polar surface area (TPSA) is 55.4 Å². The molecular weight excluding hydrogens is 354 g/mol. The lowest BCUT2D eigenvalue weighted by Crippen LogP contribution is -2.24. The Hall–Kier alpha value is -0.590. The predicted molar refractivity (Wildman–Crippen MR) is 90.5 cm³/mol. The summed E-state index contributed by atoms with van der Waals surface area (Å²) in [5.41, 5.74) is 1.01. The van der Waals surface area contributed by atoms with Gasteiger partial charge in [0.2, 0.25) is 0 Å². The van der Waals surface area contributed by atoms with Gasteiger partial charge in [0.05, 0.1) is 11.0 Å². The van der Waals surface area contributed by atoms with E-state index in [2.05, 4.69) is 35.1 Å². The first-order valence-corrected chi connectivity index (χ1v) is 9.59. The molecule has 0 aliphatic heterocycles. The lowest BCUT2D eigenvalue weighted by atomic mass is 10.2.